The van der Waals surface area contributed by atoms with Crippen LogP contribution in [0.3, 0.4) is 0 Å². The number of carbonyl (C=O) groups is 2. The number of hydrogen-bond donors (Lipinski definition) is 0. The van der Waals surface area contributed by atoms with Crippen LogP contribution in [0.1, 0.15) is 30.5 Å². The van der Waals surface area contributed by atoms with Crippen molar-refractivity contribution in [1.29, 1.82) is 0 Å². The zero-order chi connectivity index (χ0) is 19.7. The predicted molar refractivity (Wildman–Crippen MR) is 111 cm³/mol. The average molecular weight is 381 g/mol. The lowest BCUT2D eigenvalue weighted by atomic mass is 10.0. The summed E-state index contributed by atoms with van der Waals surface area (Å²) in [5.74, 6) is 0.00384. The van der Waals surface area contributed by atoms with Crippen LogP contribution in [0, 0.1) is 13.8 Å². The number of hydrogen-bond acceptors (Lipinski definition) is 4. The molecule has 0 aromatic heterocycles. The molecule has 4 nitrogen and oxygen atoms in total. The van der Waals surface area contributed by atoms with Crippen LogP contribution < -0.4 is 9.64 Å². The van der Waals surface area contributed by atoms with Crippen LogP contribution in [0.25, 0.3) is 5.57 Å². The van der Waals surface area contributed by atoms with E-state index >= 15 is 0 Å². The zero-order valence-corrected chi connectivity index (χ0v) is 17.0. The van der Waals surface area contributed by atoms with Gasteiger partial charge in [-0.25, -0.2) is 4.90 Å². The van der Waals surface area contributed by atoms with E-state index in [0.29, 0.717) is 27.5 Å². The van der Waals surface area contributed by atoms with Crippen molar-refractivity contribution < 1.29 is 14.3 Å². The van der Waals surface area contributed by atoms with Crippen molar-refractivity contribution >= 4 is 34.8 Å². The Morgan fingerprint density at radius 3 is 2.33 bits per heavy atom. The Hall–Kier alpha value is -2.53. The van der Waals surface area contributed by atoms with Crippen LogP contribution >= 0.6 is 11.8 Å². The van der Waals surface area contributed by atoms with E-state index in [1.165, 1.54) is 16.7 Å². The molecule has 0 fully saturated rings. The Balaban J connectivity index is 2.17. The van der Waals surface area contributed by atoms with E-state index in [0.717, 1.165) is 11.1 Å². The Kier molecular flexibility index (Phi) is 5.42. The maximum absolute atomic E-state index is 13.4. The van der Waals surface area contributed by atoms with Crippen molar-refractivity contribution in [3.63, 3.8) is 0 Å². The third-order valence-corrected chi connectivity index (χ3v) is 5.45. The van der Waals surface area contributed by atoms with Gasteiger partial charge >= 0.3 is 0 Å². The number of anilines is 1. The summed E-state index contributed by atoms with van der Waals surface area (Å²) in [6.45, 7) is 7.92. The lowest BCUT2D eigenvalue weighted by Crippen LogP contribution is -2.32. The molecule has 0 spiro atoms. The zero-order valence-electron chi connectivity index (χ0n) is 16.2. The maximum atomic E-state index is 13.4. The highest BCUT2D eigenvalue weighted by Crippen LogP contribution is 2.42. The molecule has 0 bridgehead atoms. The van der Waals surface area contributed by atoms with Crippen LogP contribution in [0.4, 0.5) is 5.69 Å². The Labute approximate surface area is 164 Å². The summed E-state index contributed by atoms with van der Waals surface area (Å²) in [5, 5.41) is 0.167. The molecule has 0 atom stereocenters. The number of rotatable bonds is 5. The van der Waals surface area contributed by atoms with Gasteiger partial charge in [0, 0.05) is 10.8 Å². The summed E-state index contributed by atoms with van der Waals surface area (Å²) in [6.07, 6.45) is 0. The number of para-hydroxylation sites is 1. The molecule has 0 saturated carbocycles. The lowest BCUT2D eigenvalue weighted by molar-refractivity contribution is -0.119. The fourth-order valence-corrected chi connectivity index (χ4v) is 4.20. The second-order valence-electron chi connectivity index (χ2n) is 6.81. The summed E-state index contributed by atoms with van der Waals surface area (Å²) in [5.41, 5.74) is 3.67. The average Bonchev–Trinajstić information content (AvgIpc) is 2.85. The van der Waals surface area contributed by atoms with Gasteiger partial charge in [0.25, 0.3) is 11.8 Å². The molecule has 5 heteroatoms. The maximum Gasteiger partial charge on any atom is 0.272 e. The van der Waals surface area contributed by atoms with Gasteiger partial charge in [0.1, 0.15) is 5.75 Å². The molecule has 0 radical (unpaired) electrons. The predicted octanol–water partition coefficient (Wildman–Crippen LogP) is 4.74. The van der Waals surface area contributed by atoms with Crippen molar-refractivity contribution in [2.24, 2.45) is 0 Å². The van der Waals surface area contributed by atoms with Crippen molar-refractivity contribution in [3.8, 4) is 5.75 Å². The molecule has 1 heterocycles. The number of imide groups is 1. The minimum absolute atomic E-state index is 0.167. The molecule has 3 rings (SSSR count). The fraction of sp³-hybridized carbons (Fsp3) is 0.273. The van der Waals surface area contributed by atoms with Crippen molar-refractivity contribution in [1.82, 2.24) is 0 Å². The van der Waals surface area contributed by atoms with Crippen LogP contribution in [0.15, 0.2) is 47.4 Å². The molecule has 1 aliphatic rings. The number of nitrogens with zero attached hydrogens (tertiary/aromatic N) is 1. The molecule has 0 unspecified atom stereocenters. The molecule has 0 aliphatic carbocycles. The van der Waals surface area contributed by atoms with Gasteiger partial charge in [-0.3, -0.25) is 9.59 Å². The molecule has 140 valence electrons. The van der Waals surface area contributed by atoms with E-state index in [4.69, 9.17) is 4.74 Å². The van der Waals surface area contributed by atoms with Crippen molar-refractivity contribution in [2.45, 2.75) is 32.9 Å². The molecule has 2 amide bonds. The molecule has 27 heavy (non-hydrogen) atoms. The summed E-state index contributed by atoms with van der Waals surface area (Å²) in [6, 6.07) is 13.1. The second-order valence-corrected chi connectivity index (χ2v) is 8.39. The SMILES string of the molecule is COc1ccccc1C1=C(SC(C)C)C(=O)N(c2ccc(C)cc2C)C1=O. The Morgan fingerprint density at radius 1 is 1.00 bits per heavy atom. The normalized spacial score (nSPS) is 14.5. The van der Waals surface area contributed by atoms with Gasteiger partial charge < -0.3 is 4.74 Å². The second kappa shape index (κ2) is 7.61. The number of amides is 2. The smallest absolute Gasteiger partial charge is 0.272 e. The summed E-state index contributed by atoms with van der Waals surface area (Å²) < 4.78 is 5.45. The van der Waals surface area contributed by atoms with Crippen molar-refractivity contribution in [2.75, 3.05) is 12.0 Å². The largest absolute Gasteiger partial charge is 0.496 e. The number of carbonyl (C=O) groups excluding carboxylic acids is 2. The minimum atomic E-state index is -0.306. The van der Waals surface area contributed by atoms with Gasteiger partial charge in [-0.1, -0.05) is 49.7 Å². The lowest BCUT2D eigenvalue weighted by Gasteiger charge is -2.18. The van der Waals surface area contributed by atoms with Crippen LogP contribution in [-0.4, -0.2) is 24.2 Å². The minimum Gasteiger partial charge on any atom is -0.496 e. The monoisotopic (exact) mass is 381 g/mol. The van der Waals surface area contributed by atoms with E-state index in [1.54, 1.807) is 13.2 Å². The van der Waals surface area contributed by atoms with Gasteiger partial charge in [-0.2, -0.15) is 0 Å². The first kappa shape index (κ1) is 19.2. The summed E-state index contributed by atoms with van der Waals surface area (Å²) >= 11 is 1.42. The molecule has 0 N–H and O–H groups in total. The first-order valence-electron chi connectivity index (χ1n) is 8.85. The number of aryl methyl sites for hydroxylation is 2. The summed E-state index contributed by atoms with van der Waals surface area (Å²) in [7, 11) is 1.57. The molecular formula is C22H23NO3S. The third-order valence-electron chi connectivity index (χ3n) is 4.36. The Morgan fingerprint density at radius 2 is 1.70 bits per heavy atom. The highest BCUT2D eigenvalue weighted by molar-refractivity contribution is 8.04. The number of benzene rings is 2. The highest BCUT2D eigenvalue weighted by atomic mass is 32.2. The van der Waals surface area contributed by atoms with E-state index < -0.39 is 0 Å². The standard InChI is InChI=1S/C22H23NO3S/c1-13(2)27-20-19(16-8-6-7-9-18(16)26-5)21(24)23(22(20)25)17-11-10-14(3)12-15(17)4/h6-13H,1-5H3. The Bertz CT molecular complexity index is 946. The van der Waals surface area contributed by atoms with E-state index in [2.05, 4.69) is 0 Å². The molecule has 0 saturated heterocycles. The first-order valence-corrected chi connectivity index (χ1v) is 9.73. The molecule has 1 aliphatic heterocycles. The van der Waals surface area contributed by atoms with Crippen molar-refractivity contribution in [3.05, 3.63) is 64.1 Å². The molecule has 2 aromatic rings. The van der Waals surface area contributed by atoms with E-state index in [-0.39, 0.29) is 17.1 Å². The van der Waals surface area contributed by atoms with Crippen LogP contribution in [0.5, 0.6) is 5.75 Å². The van der Waals surface area contributed by atoms with Gasteiger partial charge in [-0.05, 0) is 31.5 Å². The fourth-order valence-electron chi connectivity index (χ4n) is 3.22. The molecular weight excluding hydrogens is 358 g/mol. The molecule has 2 aromatic carbocycles. The van der Waals surface area contributed by atoms with Gasteiger partial charge in [0.05, 0.1) is 23.3 Å². The van der Waals surface area contributed by atoms with Gasteiger partial charge in [0.2, 0.25) is 0 Å². The van der Waals surface area contributed by atoms with E-state index in [9.17, 15) is 9.59 Å². The van der Waals surface area contributed by atoms with Gasteiger partial charge in [-0.15, -0.1) is 11.8 Å². The number of methoxy groups -OCH3 is 1. The topological polar surface area (TPSA) is 46.6 Å². The third kappa shape index (κ3) is 3.52. The first-order chi connectivity index (χ1) is 12.8. The number of ether oxygens (including phenoxy) is 1. The summed E-state index contributed by atoms with van der Waals surface area (Å²) in [4.78, 5) is 28.4. The van der Waals surface area contributed by atoms with Crippen LogP contribution in [0.2, 0.25) is 0 Å². The van der Waals surface area contributed by atoms with Crippen LogP contribution in [-0.2, 0) is 9.59 Å². The quantitative estimate of drug-likeness (QED) is 0.702. The highest BCUT2D eigenvalue weighted by Gasteiger charge is 2.41. The van der Waals surface area contributed by atoms with E-state index in [1.807, 2.05) is 64.1 Å². The van der Waals surface area contributed by atoms with Gasteiger partial charge in [0.15, 0.2) is 0 Å². The number of thioether (sulfide) groups is 1.